The Morgan fingerprint density at radius 1 is 1.07 bits per heavy atom. The van der Waals surface area contributed by atoms with E-state index in [2.05, 4.69) is 48.9 Å². The first kappa shape index (κ1) is 20.1. The lowest BCUT2D eigenvalue weighted by molar-refractivity contribution is -0.905. The van der Waals surface area contributed by atoms with Gasteiger partial charge in [-0.3, -0.25) is 9.59 Å². The van der Waals surface area contributed by atoms with Gasteiger partial charge in [-0.2, -0.15) is 0 Å². The summed E-state index contributed by atoms with van der Waals surface area (Å²) in [7, 11) is 2.06. The predicted octanol–water partition coefficient (Wildman–Crippen LogP) is 1.90. The molecule has 5 nitrogen and oxygen atoms in total. The van der Waals surface area contributed by atoms with Gasteiger partial charge in [0.15, 0.2) is 6.54 Å². The van der Waals surface area contributed by atoms with E-state index in [-0.39, 0.29) is 18.4 Å². The monoisotopic (exact) mass is 380 g/mol. The summed E-state index contributed by atoms with van der Waals surface area (Å²) >= 11 is 0. The number of rotatable bonds is 7. The molecule has 2 atom stereocenters. The first-order valence-corrected chi connectivity index (χ1v) is 10.1. The number of likely N-dealkylation sites (N-methyl/N-ethyl adjacent to an activating group) is 1. The van der Waals surface area contributed by atoms with E-state index >= 15 is 0 Å². The van der Waals surface area contributed by atoms with Crippen molar-refractivity contribution in [1.29, 1.82) is 0 Å². The van der Waals surface area contributed by atoms with Crippen molar-refractivity contribution in [1.82, 2.24) is 5.32 Å². The summed E-state index contributed by atoms with van der Waals surface area (Å²) in [6, 6.07) is 16.6. The fraction of sp³-hybridized carbons (Fsp3) is 0.391. The molecule has 0 aliphatic heterocycles. The van der Waals surface area contributed by atoms with Crippen molar-refractivity contribution in [3.8, 4) is 0 Å². The number of nitrogens with one attached hydrogen (secondary N) is 3. The molecule has 3 N–H and O–H groups in total. The molecule has 0 saturated heterocycles. The maximum absolute atomic E-state index is 12.4. The summed E-state index contributed by atoms with van der Waals surface area (Å²) in [5.74, 6) is -0.297. The van der Waals surface area contributed by atoms with Crippen molar-refractivity contribution in [2.24, 2.45) is 0 Å². The summed E-state index contributed by atoms with van der Waals surface area (Å²) in [5.41, 5.74) is 4.65. The second-order valence-corrected chi connectivity index (χ2v) is 7.50. The molecular weight excluding hydrogens is 350 g/mol. The maximum atomic E-state index is 12.4. The molecule has 0 spiro atoms. The van der Waals surface area contributed by atoms with Gasteiger partial charge in [0.05, 0.1) is 13.6 Å². The average molecular weight is 381 g/mol. The highest BCUT2D eigenvalue weighted by Gasteiger charge is 2.27. The van der Waals surface area contributed by atoms with Gasteiger partial charge in [0.2, 0.25) is 5.91 Å². The Morgan fingerprint density at radius 2 is 1.82 bits per heavy atom. The van der Waals surface area contributed by atoms with Crippen LogP contribution in [0.25, 0.3) is 0 Å². The van der Waals surface area contributed by atoms with Gasteiger partial charge in [0.1, 0.15) is 6.04 Å². The lowest BCUT2D eigenvalue weighted by Gasteiger charge is -2.30. The van der Waals surface area contributed by atoms with Crippen LogP contribution in [0.4, 0.5) is 5.69 Å². The van der Waals surface area contributed by atoms with E-state index in [1.54, 1.807) is 0 Å². The van der Waals surface area contributed by atoms with Crippen molar-refractivity contribution < 1.29 is 14.5 Å². The highest BCUT2D eigenvalue weighted by Crippen LogP contribution is 2.27. The predicted molar refractivity (Wildman–Crippen MR) is 111 cm³/mol. The molecule has 1 aliphatic rings. The average Bonchev–Trinajstić information content (AvgIpc) is 2.72. The molecular formula is C23H30N3O2+. The molecule has 0 heterocycles. The molecule has 2 aromatic rings. The third kappa shape index (κ3) is 4.98. The molecule has 0 radical (unpaired) electrons. The first-order chi connectivity index (χ1) is 13.6. The Morgan fingerprint density at radius 3 is 2.64 bits per heavy atom. The van der Waals surface area contributed by atoms with E-state index in [0.717, 1.165) is 36.9 Å². The Hall–Kier alpha value is -2.66. The number of carbonyl (C=O) groups is 2. The SMILES string of the molecule is CCc1ccccc1NC(=O)CNC(=O)C[NH+](C)[C@@H]1CCCc2ccccc21. The number of benzene rings is 2. The van der Waals surface area contributed by atoms with E-state index in [0.29, 0.717) is 12.6 Å². The van der Waals surface area contributed by atoms with Crippen LogP contribution in [0.15, 0.2) is 48.5 Å². The smallest absolute Gasteiger partial charge is 0.275 e. The molecule has 0 saturated carbocycles. The maximum Gasteiger partial charge on any atom is 0.275 e. The Labute approximate surface area is 167 Å². The summed E-state index contributed by atoms with van der Waals surface area (Å²) in [4.78, 5) is 25.7. The van der Waals surface area contributed by atoms with Gasteiger partial charge in [-0.05, 0) is 36.5 Å². The van der Waals surface area contributed by atoms with Crippen LogP contribution in [0.3, 0.4) is 0 Å². The van der Waals surface area contributed by atoms with Crippen molar-refractivity contribution in [2.45, 2.75) is 38.6 Å². The molecule has 0 fully saturated rings. The normalized spacial score (nSPS) is 16.7. The molecule has 5 heteroatoms. The van der Waals surface area contributed by atoms with Crippen LogP contribution in [0.5, 0.6) is 0 Å². The third-order valence-corrected chi connectivity index (χ3v) is 5.52. The molecule has 2 aromatic carbocycles. The van der Waals surface area contributed by atoms with Crippen LogP contribution >= 0.6 is 0 Å². The zero-order valence-electron chi connectivity index (χ0n) is 16.8. The summed E-state index contributed by atoms with van der Waals surface area (Å²) in [6.07, 6.45) is 4.20. The number of hydrogen-bond donors (Lipinski definition) is 3. The number of amides is 2. The van der Waals surface area contributed by atoms with Crippen LogP contribution in [-0.2, 0) is 22.4 Å². The Balaban J connectivity index is 1.50. The molecule has 3 rings (SSSR count). The van der Waals surface area contributed by atoms with Gasteiger partial charge >= 0.3 is 0 Å². The standard InChI is InChI=1S/C23H29N3O2/c1-3-17-9-5-7-13-20(17)25-22(27)15-24-23(28)16-26(2)21-14-8-11-18-10-4-6-12-19(18)21/h4-7,9-10,12-13,21H,3,8,11,14-16H2,1-2H3,(H,24,28)(H,25,27)/p+1/t21-/m1/s1. The van der Waals surface area contributed by atoms with Crippen LogP contribution in [0.1, 0.15) is 42.5 Å². The first-order valence-electron chi connectivity index (χ1n) is 10.1. The fourth-order valence-corrected chi connectivity index (χ4v) is 4.03. The number of aryl methyl sites for hydroxylation is 2. The van der Waals surface area contributed by atoms with Gasteiger partial charge < -0.3 is 15.5 Å². The second-order valence-electron chi connectivity index (χ2n) is 7.50. The lowest BCUT2D eigenvalue weighted by Crippen LogP contribution is -3.10. The van der Waals surface area contributed by atoms with Crippen molar-refractivity contribution in [3.05, 3.63) is 65.2 Å². The van der Waals surface area contributed by atoms with Crippen molar-refractivity contribution >= 4 is 17.5 Å². The fourth-order valence-electron chi connectivity index (χ4n) is 4.03. The zero-order valence-corrected chi connectivity index (χ0v) is 16.8. The number of hydrogen-bond acceptors (Lipinski definition) is 2. The minimum atomic E-state index is -0.199. The van der Waals surface area contributed by atoms with E-state index in [4.69, 9.17) is 0 Å². The summed E-state index contributed by atoms with van der Waals surface area (Å²) in [5, 5.41) is 5.65. The molecule has 28 heavy (non-hydrogen) atoms. The highest BCUT2D eigenvalue weighted by atomic mass is 16.2. The van der Waals surface area contributed by atoms with Crippen LogP contribution in [0.2, 0.25) is 0 Å². The van der Waals surface area contributed by atoms with Crippen molar-refractivity contribution in [2.75, 3.05) is 25.5 Å². The quantitative estimate of drug-likeness (QED) is 0.687. The Kier molecular flexibility index (Phi) is 6.82. The van der Waals surface area contributed by atoms with Gasteiger partial charge in [-0.15, -0.1) is 0 Å². The summed E-state index contributed by atoms with van der Waals surface area (Å²) < 4.78 is 0. The van der Waals surface area contributed by atoms with Gasteiger partial charge in [-0.1, -0.05) is 49.4 Å². The molecule has 2 amide bonds. The zero-order chi connectivity index (χ0) is 19.9. The number of quaternary nitrogens is 1. The number of anilines is 1. The third-order valence-electron chi connectivity index (χ3n) is 5.52. The molecule has 0 bridgehead atoms. The minimum absolute atomic E-state index is 0.00852. The van der Waals surface area contributed by atoms with Gasteiger partial charge in [-0.25, -0.2) is 0 Å². The summed E-state index contributed by atoms with van der Waals surface area (Å²) in [6.45, 7) is 2.40. The molecule has 0 aromatic heterocycles. The number of carbonyl (C=O) groups excluding carboxylic acids is 2. The Bertz CT molecular complexity index is 834. The topological polar surface area (TPSA) is 62.6 Å². The second kappa shape index (κ2) is 9.51. The van der Waals surface area contributed by atoms with Crippen molar-refractivity contribution in [3.63, 3.8) is 0 Å². The molecule has 1 unspecified atom stereocenters. The lowest BCUT2D eigenvalue weighted by atomic mass is 9.87. The largest absolute Gasteiger partial charge is 0.342 e. The van der Waals surface area contributed by atoms with E-state index < -0.39 is 0 Å². The van der Waals surface area contributed by atoms with E-state index in [9.17, 15) is 9.59 Å². The van der Waals surface area contributed by atoms with Gasteiger partial charge in [0, 0.05) is 17.7 Å². The molecule has 1 aliphatic carbocycles. The minimum Gasteiger partial charge on any atom is -0.342 e. The van der Waals surface area contributed by atoms with Crippen LogP contribution in [-0.4, -0.2) is 32.0 Å². The van der Waals surface area contributed by atoms with Gasteiger partial charge in [0.25, 0.3) is 5.91 Å². The van der Waals surface area contributed by atoms with Crippen LogP contribution < -0.4 is 15.5 Å². The molecule has 148 valence electrons. The van der Waals surface area contributed by atoms with Crippen LogP contribution in [0, 0.1) is 0 Å². The number of para-hydroxylation sites is 1. The van der Waals surface area contributed by atoms with E-state index in [1.807, 2.05) is 24.3 Å². The van der Waals surface area contributed by atoms with E-state index in [1.165, 1.54) is 16.0 Å². The highest BCUT2D eigenvalue weighted by molar-refractivity contribution is 5.95. The number of fused-ring (bicyclic) bond motifs is 1.